The van der Waals surface area contributed by atoms with E-state index in [-0.39, 0.29) is 0 Å². The second kappa shape index (κ2) is 3.19. The van der Waals surface area contributed by atoms with Gasteiger partial charge in [0.25, 0.3) is 0 Å². The van der Waals surface area contributed by atoms with Crippen LogP contribution in [0.15, 0.2) is 24.3 Å². The summed E-state index contributed by atoms with van der Waals surface area (Å²) < 4.78 is 0. The molecule has 1 aromatic rings. The SMILES string of the molecule is CC1(C)CCN(c2ccc(N)cc2)C1. The molecule has 0 atom stereocenters. The fourth-order valence-electron chi connectivity index (χ4n) is 2.02. The monoisotopic (exact) mass is 190 g/mol. The maximum absolute atomic E-state index is 5.66. The third-order valence-corrected chi connectivity index (χ3v) is 2.94. The maximum Gasteiger partial charge on any atom is 0.0367 e. The minimum Gasteiger partial charge on any atom is -0.399 e. The molecule has 1 aliphatic heterocycles. The van der Waals surface area contributed by atoms with Crippen molar-refractivity contribution in [1.82, 2.24) is 0 Å². The summed E-state index contributed by atoms with van der Waals surface area (Å²) in [5.74, 6) is 0. The Kier molecular flexibility index (Phi) is 2.14. The van der Waals surface area contributed by atoms with Crippen LogP contribution in [0.3, 0.4) is 0 Å². The van der Waals surface area contributed by atoms with Crippen LogP contribution in [0.5, 0.6) is 0 Å². The van der Waals surface area contributed by atoms with E-state index >= 15 is 0 Å². The number of benzene rings is 1. The molecule has 0 radical (unpaired) electrons. The summed E-state index contributed by atoms with van der Waals surface area (Å²) in [5.41, 5.74) is 8.26. The van der Waals surface area contributed by atoms with Crippen LogP contribution in [0.25, 0.3) is 0 Å². The lowest BCUT2D eigenvalue weighted by Gasteiger charge is -2.21. The highest BCUT2D eigenvalue weighted by Crippen LogP contribution is 2.32. The fourth-order valence-corrected chi connectivity index (χ4v) is 2.02. The van der Waals surface area contributed by atoms with E-state index in [1.54, 1.807) is 0 Å². The van der Waals surface area contributed by atoms with Crippen molar-refractivity contribution in [1.29, 1.82) is 0 Å². The molecule has 0 unspecified atom stereocenters. The molecule has 1 saturated heterocycles. The highest BCUT2D eigenvalue weighted by Gasteiger charge is 2.28. The third kappa shape index (κ3) is 1.84. The number of nitrogen functional groups attached to an aromatic ring is 1. The highest BCUT2D eigenvalue weighted by molar-refractivity contribution is 5.53. The lowest BCUT2D eigenvalue weighted by Crippen LogP contribution is -2.22. The van der Waals surface area contributed by atoms with Crippen molar-refractivity contribution >= 4 is 11.4 Å². The molecule has 1 fully saturated rings. The maximum atomic E-state index is 5.66. The zero-order valence-electron chi connectivity index (χ0n) is 8.96. The van der Waals surface area contributed by atoms with Crippen molar-refractivity contribution in [3.63, 3.8) is 0 Å². The number of rotatable bonds is 1. The van der Waals surface area contributed by atoms with Crippen molar-refractivity contribution in [2.24, 2.45) is 5.41 Å². The lowest BCUT2D eigenvalue weighted by molar-refractivity contribution is 0.418. The molecule has 1 aromatic carbocycles. The number of nitrogens with zero attached hydrogens (tertiary/aromatic N) is 1. The second-order valence-electron chi connectivity index (χ2n) is 4.93. The molecule has 0 saturated carbocycles. The van der Waals surface area contributed by atoms with E-state index in [9.17, 15) is 0 Å². The van der Waals surface area contributed by atoms with Crippen molar-refractivity contribution in [2.75, 3.05) is 23.7 Å². The van der Waals surface area contributed by atoms with Gasteiger partial charge in [-0.1, -0.05) is 13.8 Å². The average Bonchev–Trinajstić information content (AvgIpc) is 2.47. The first kappa shape index (κ1) is 9.38. The van der Waals surface area contributed by atoms with Gasteiger partial charge in [0.05, 0.1) is 0 Å². The Hall–Kier alpha value is -1.18. The van der Waals surface area contributed by atoms with E-state index in [4.69, 9.17) is 5.73 Å². The van der Waals surface area contributed by atoms with E-state index in [1.807, 2.05) is 12.1 Å². The zero-order chi connectivity index (χ0) is 10.2. The van der Waals surface area contributed by atoms with Gasteiger partial charge in [-0.15, -0.1) is 0 Å². The van der Waals surface area contributed by atoms with Crippen LogP contribution in [0, 0.1) is 5.41 Å². The van der Waals surface area contributed by atoms with Crippen molar-refractivity contribution < 1.29 is 0 Å². The Morgan fingerprint density at radius 3 is 2.36 bits per heavy atom. The van der Waals surface area contributed by atoms with Crippen LogP contribution in [0.2, 0.25) is 0 Å². The van der Waals surface area contributed by atoms with E-state index in [0.717, 1.165) is 18.8 Å². The highest BCUT2D eigenvalue weighted by atomic mass is 15.2. The van der Waals surface area contributed by atoms with E-state index < -0.39 is 0 Å². The molecule has 2 N–H and O–H groups in total. The summed E-state index contributed by atoms with van der Waals surface area (Å²) in [6, 6.07) is 8.16. The van der Waals surface area contributed by atoms with Crippen LogP contribution in [0.1, 0.15) is 20.3 Å². The topological polar surface area (TPSA) is 29.3 Å². The first-order valence-corrected chi connectivity index (χ1v) is 5.17. The smallest absolute Gasteiger partial charge is 0.0367 e. The molecule has 0 amide bonds. The molecule has 76 valence electrons. The molecule has 2 rings (SSSR count). The summed E-state index contributed by atoms with van der Waals surface area (Å²) >= 11 is 0. The van der Waals surface area contributed by atoms with E-state index in [2.05, 4.69) is 30.9 Å². The number of hydrogen-bond acceptors (Lipinski definition) is 2. The Bertz CT molecular complexity index is 314. The Morgan fingerprint density at radius 2 is 1.86 bits per heavy atom. The molecule has 0 aliphatic carbocycles. The van der Waals surface area contributed by atoms with Crippen molar-refractivity contribution in [2.45, 2.75) is 20.3 Å². The third-order valence-electron chi connectivity index (χ3n) is 2.94. The Morgan fingerprint density at radius 1 is 1.21 bits per heavy atom. The first-order valence-electron chi connectivity index (χ1n) is 5.17. The standard InChI is InChI=1S/C12H18N2/c1-12(2)7-8-14(9-12)11-5-3-10(13)4-6-11/h3-6H,7-9,13H2,1-2H3. The largest absolute Gasteiger partial charge is 0.399 e. The molecular weight excluding hydrogens is 172 g/mol. The Balaban J connectivity index is 2.14. The molecule has 0 aromatic heterocycles. The van der Waals surface area contributed by atoms with Gasteiger partial charge in [0, 0.05) is 24.5 Å². The van der Waals surface area contributed by atoms with Crippen LogP contribution in [-0.4, -0.2) is 13.1 Å². The molecule has 2 heteroatoms. The number of anilines is 2. The average molecular weight is 190 g/mol. The number of nitrogens with two attached hydrogens (primary N) is 1. The predicted molar refractivity (Wildman–Crippen MR) is 61.5 cm³/mol. The van der Waals surface area contributed by atoms with Gasteiger partial charge >= 0.3 is 0 Å². The number of hydrogen-bond donors (Lipinski definition) is 1. The minimum atomic E-state index is 0.460. The normalized spacial score (nSPS) is 20.0. The first-order chi connectivity index (χ1) is 6.57. The van der Waals surface area contributed by atoms with Gasteiger partial charge in [-0.25, -0.2) is 0 Å². The van der Waals surface area contributed by atoms with Gasteiger partial charge in [-0.3, -0.25) is 0 Å². The zero-order valence-corrected chi connectivity index (χ0v) is 8.96. The van der Waals surface area contributed by atoms with Crippen molar-refractivity contribution in [3.8, 4) is 0 Å². The summed E-state index contributed by atoms with van der Waals surface area (Å²) in [4.78, 5) is 2.43. The van der Waals surface area contributed by atoms with E-state index in [0.29, 0.717) is 5.41 Å². The van der Waals surface area contributed by atoms with Gasteiger partial charge in [0.2, 0.25) is 0 Å². The van der Waals surface area contributed by atoms with Crippen LogP contribution < -0.4 is 10.6 Å². The minimum absolute atomic E-state index is 0.460. The molecule has 1 aliphatic rings. The summed E-state index contributed by atoms with van der Waals surface area (Å²) in [7, 11) is 0. The summed E-state index contributed by atoms with van der Waals surface area (Å²) in [6.45, 7) is 6.96. The van der Waals surface area contributed by atoms with Crippen LogP contribution in [0.4, 0.5) is 11.4 Å². The molecule has 1 heterocycles. The van der Waals surface area contributed by atoms with Crippen LogP contribution >= 0.6 is 0 Å². The summed E-state index contributed by atoms with van der Waals surface area (Å²) in [5, 5.41) is 0. The van der Waals surface area contributed by atoms with Gasteiger partial charge < -0.3 is 10.6 Å². The van der Waals surface area contributed by atoms with Gasteiger partial charge in [0.1, 0.15) is 0 Å². The lowest BCUT2D eigenvalue weighted by atomic mass is 9.93. The molecule has 14 heavy (non-hydrogen) atoms. The fraction of sp³-hybridized carbons (Fsp3) is 0.500. The van der Waals surface area contributed by atoms with Gasteiger partial charge in [-0.2, -0.15) is 0 Å². The molecular formula is C12H18N2. The quantitative estimate of drug-likeness (QED) is 0.689. The van der Waals surface area contributed by atoms with Crippen molar-refractivity contribution in [3.05, 3.63) is 24.3 Å². The molecule has 0 bridgehead atoms. The Labute approximate surface area is 85.7 Å². The predicted octanol–water partition coefficient (Wildman–Crippen LogP) is 2.51. The van der Waals surface area contributed by atoms with Gasteiger partial charge in [-0.05, 0) is 36.1 Å². The molecule has 0 spiro atoms. The molecule has 2 nitrogen and oxygen atoms in total. The summed E-state index contributed by atoms with van der Waals surface area (Å²) in [6.07, 6.45) is 1.28. The second-order valence-corrected chi connectivity index (χ2v) is 4.93. The van der Waals surface area contributed by atoms with Gasteiger partial charge in [0.15, 0.2) is 0 Å². The van der Waals surface area contributed by atoms with Crippen LogP contribution in [-0.2, 0) is 0 Å². The van der Waals surface area contributed by atoms with E-state index in [1.165, 1.54) is 12.1 Å².